The Kier molecular flexibility index (Phi) is 3.68. The normalized spacial score (nSPS) is 27.4. The molecule has 1 aromatic rings. The third kappa shape index (κ3) is 3.39. The Morgan fingerprint density at radius 2 is 1.81 bits per heavy atom. The fourth-order valence-electron chi connectivity index (χ4n) is 3.62. The Morgan fingerprint density at radius 1 is 1.19 bits per heavy atom. The van der Waals surface area contributed by atoms with Crippen LogP contribution in [0, 0.1) is 23.2 Å². The number of likely N-dealkylation sites (tertiary alicyclic amines) is 1. The predicted molar refractivity (Wildman–Crippen MR) is 82.7 cm³/mol. The fraction of sp³-hybridized carbons (Fsp3) is 0.611. The monoisotopic (exact) mass is 287 g/mol. The standard InChI is InChI=1S/C18H25NO2/c1-18(2,3)9-14-15-10-19(11-16(14)15)17(20)21-12-13-7-5-4-6-8-13/h4-8,14-16H,9-12H2,1-3H3/t14?,15-,16+. The molecule has 1 aliphatic carbocycles. The van der Waals surface area contributed by atoms with Gasteiger partial charge in [0.25, 0.3) is 0 Å². The van der Waals surface area contributed by atoms with E-state index in [1.54, 1.807) is 0 Å². The van der Waals surface area contributed by atoms with E-state index >= 15 is 0 Å². The Balaban J connectivity index is 1.43. The molecule has 0 spiro atoms. The maximum Gasteiger partial charge on any atom is 0.410 e. The van der Waals surface area contributed by atoms with E-state index in [9.17, 15) is 4.79 Å². The van der Waals surface area contributed by atoms with Crippen LogP contribution in [0.4, 0.5) is 4.79 Å². The van der Waals surface area contributed by atoms with Crippen LogP contribution in [0.1, 0.15) is 32.8 Å². The maximum absolute atomic E-state index is 12.1. The number of rotatable bonds is 3. The van der Waals surface area contributed by atoms with Crippen molar-refractivity contribution < 1.29 is 9.53 Å². The number of carbonyl (C=O) groups is 1. The molecular formula is C18H25NO2. The third-order valence-corrected chi connectivity index (χ3v) is 4.68. The highest BCUT2D eigenvalue weighted by atomic mass is 16.6. The van der Waals surface area contributed by atoms with Gasteiger partial charge in [0, 0.05) is 13.1 Å². The van der Waals surface area contributed by atoms with Crippen LogP contribution in [-0.2, 0) is 11.3 Å². The van der Waals surface area contributed by atoms with E-state index in [0.717, 1.165) is 24.6 Å². The van der Waals surface area contributed by atoms with E-state index in [1.165, 1.54) is 6.42 Å². The number of amides is 1. The number of hydrogen-bond donors (Lipinski definition) is 0. The smallest absolute Gasteiger partial charge is 0.410 e. The molecule has 2 aliphatic rings. The molecule has 2 fully saturated rings. The molecule has 0 N–H and O–H groups in total. The van der Waals surface area contributed by atoms with Crippen molar-refractivity contribution in [3.63, 3.8) is 0 Å². The highest BCUT2D eigenvalue weighted by molar-refractivity contribution is 5.68. The topological polar surface area (TPSA) is 29.5 Å². The molecule has 1 saturated carbocycles. The second-order valence-electron chi connectivity index (χ2n) is 7.70. The first-order valence-corrected chi connectivity index (χ1v) is 7.90. The first-order valence-electron chi connectivity index (χ1n) is 7.90. The Bertz CT molecular complexity index is 494. The minimum atomic E-state index is -0.152. The van der Waals surface area contributed by atoms with Crippen LogP contribution in [0.3, 0.4) is 0 Å². The number of ether oxygens (including phenoxy) is 1. The van der Waals surface area contributed by atoms with Crippen molar-refractivity contribution in [1.82, 2.24) is 4.90 Å². The average molecular weight is 287 g/mol. The molecule has 3 atom stereocenters. The van der Waals surface area contributed by atoms with Crippen LogP contribution in [0.15, 0.2) is 30.3 Å². The molecule has 114 valence electrons. The second-order valence-corrected chi connectivity index (χ2v) is 7.70. The van der Waals surface area contributed by atoms with E-state index < -0.39 is 0 Å². The van der Waals surface area contributed by atoms with Gasteiger partial charge in [-0.1, -0.05) is 51.1 Å². The molecule has 1 amide bonds. The number of benzene rings is 1. The van der Waals surface area contributed by atoms with Crippen molar-refractivity contribution >= 4 is 6.09 Å². The van der Waals surface area contributed by atoms with E-state index in [2.05, 4.69) is 20.8 Å². The lowest BCUT2D eigenvalue weighted by Gasteiger charge is -2.23. The summed E-state index contributed by atoms with van der Waals surface area (Å²) >= 11 is 0. The van der Waals surface area contributed by atoms with E-state index in [4.69, 9.17) is 4.74 Å². The van der Waals surface area contributed by atoms with Crippen LogP contribution < -0.4 is 0 Å². The third-order valence-electron chi connectivity index (χ3n) is 4.68. The van der Waals surface area contributed by atoms with E-state index in [1.807, 2.05) is 35.2 Å². The lowest BCUT2D eigenvalue weighted by atomic mass is 9.88. The highest BCUT2D eigenvalue weighted by Gasteiger charge is 2.57. The number of piperidine rings is 1. The average Bonchev–Trinajstić information content (AvgIpc) is 2.88. The molecular weight excluding hydrogens is 262 g/mol. The van der Waals surface area contributed by atoms with Gasteiger partial charge in [-0.3, -0.25) is 0 Å². The molecule has 21 heavy (non-hydrogen) atoms. The maximum atomic E-state index is 12.1. The minimum absolute atomic E-state index is 0.152. The van der Waals surface area contributed by atoms with Crippen LogP contribution in [-0.4, -0.2) is 24.1 Å². The van der Waals surface area contributed by atoms with E-state index in [0.29, 0.717) is 23.9 Å². The van der Waals surface area contributed by atoms with Gasteiger partial charge in [-0.15, -0.1) is 0 Å². The van der Waals surface area contributed by atoms with Crippen LogP contribution in [0.2, 0.25) is 0 Å². The molecule has 0 aromatic heterocycles. The minimum Gasteiger partial charge on any atom is -0.445 e. The Labute approximate surface area is 127 Å². The molecule has 3 rings (SSSR count). The van der Waals surface area contributed by atoms with Gasteiger partial charge in [0.1, 0.15) is 6.61 Å². The SMILES string of the molecule is CC(C)(C)CC1[C@H]2CN(C(=O)OCc3ccccc3)C[C@@H]12. The van der Waals surface area contributed by atoms with E-state index in [-0.39, 0.29) is 6.09 Å². The zero-order valence-corrected chi connectivity index (χ0v) is 13.2. The molecule has 3 nitrogen and oxygen atoms in total. The predicted octanol–water partition coefficient (Wildman–Crippen LogP) is 3.94. The molecule has 3 heteroatoms. The van der Waals surface area contributed by atoms with Crippen LogP contribution in [0.5, 0.6) is 0 Å². The quantitative estimate of drug-likeness (QED) is 0.843. The largest absolute Gasteiger partial charge is 0.445 e. The van der Waals surface area contributed by atoms with Crippen molar-refractivity contribution in [2.24, 2.45) is 23.2 Å². The summed E-state index contributed by atoms with van der Waals surface area (Å²) in [4.78, 5) is 14.0. The number of hydrogen-bond acceptors (Lipinski definition) is 2. The summed E-state index contributed by atoms with van der Waals surface area (Å²) in [6.45, 7) is 9.04. The lowest BCUT2D eigenvalue weighted by Crippen LogP contribution is -2.32. The summed E-state index contributed by atoms with van der Waals surface area (Å²) in [7, 11) is 0. The van der Waals surface area contributed by atoms with Crippen molar-refractivity contribution in [3.8, 4) is 0 Å². The molecule has 1 heterocycles. The van der Waals surface area contributed by atoms with Crippen molar-refractivity contribution in [2.75, 3.05) is 13.1 Å². The summed E-state index contributed by atoms with van der Waals surface area (Å²) < 4.78 is 5.40. The van der Waals surface area contributed by atoms with Gasteiger partial charge in [0.15, 0.2) is 0 Å². The van der Waals surface area contributed by atoms with Crippen LogP contribution in [0.25, 0.3) is 0 Å². The molecule has 0 bridgehead atoms. The number of fused-ring (bicyclic) bond motifs is 1. The zero-order chi connectivity index (χ0) is 15.0. The molecule has 1 unspecified atom stereocenters. The number of carbonyl (C=O) groups excluding carboxylic acids is 1. The van der Waals surface area contributed by atoms with Crippen LogP contribution >= 0.6 is 0 Å². The van der Waals surface area contributed by atoms with Gasteiger partial charge in [-0.05, 0) is 35.2 Å². The van der Waals surface area contributed by atoms with Gasteiger partial charge < -0.3 is 9.64 Å². The number of nitrogens with zero attached hydrogens (tertiary/aromatic N) is 1. The second kappa shape index (κ2) is 5.36. The summed E-state index contributed by atoms with van der Waals surface area (Å²) in [5.74, 6) is 2.25. The Hall–Kier alpha value is -1.51. The summed E-state index contributed by atoms with van der Waals surface area (Å²) in [5, 5.41) is 0. The first-order chi connectivity index (χ1) is 9.94. The summed E-state index contributed by atoms with van der Waals surface area (Å²) in [5.41, 5.74) is 1.44. The lowest BCUT2D eigenvalue weighted by molar-refractivity contribution is 0.0977. The molecule has 0 radical (unpaired) electrons. The summed E-state index contributed by atoms with van der Waals surface area (Å²) in [6.07, 6.45) is 1.12. The van der Waals surface area contributed by atoms with Gasteiger partial charge >= 0.3 is 6.09 Å². The van der Waals surface area contributed by atoms with Crippen molar-refractivity contribution in [1.29, 1.82) is 0 Å². The summed E-state index contributed by atoms with van der Waals surface area (Å²) in [6, 6.07) is 9.85. The Morgan fingerprint density at radius 3 is 2.38 bits per heavy atom. The van der Waals surface area contributed by atoms with Gasteiger partial charge in [-0.2, -0.15) is 0 Å². The van der Waals surface area contributed by atoms with Crippen molar-refractivity contribution in [3.05, 3.63) is 35.9 Å². The van der Waals surface area contributed by atoms with Crippen molar-refractivity contribution in [2.45, 2.75) is 33.8 Å². The first kappa shape index (κ1) is 14.4. The molecule has 1 aromatic carbocycles. The van der Waals surface area contributed by atoms with Gasteiger partial charge in [0.2, 0.25) is 0 Å². The van der Waals surface area contributed by atoms with Gasteiger partial charge in [-0.25, -0.2) is 4.79 Å². The molecule has 1 saturated heterocycles. The fourth-order valence-corrected chi connectivity index (χ4v) is 3.62. The highest BCUT2D eigenvalue weighted by Crippen LogP contribution is 2.56. The molecule has 1 aliphatic heterocycles. The van der Waals surface area contributed by atoms with Gasteiger partial charge in [0.05, 0.1) is 0 Å². The zero-order valence-electron chi connectivity index (χ0n) is 13.2.